The molecule has 0 radical (unpaired) electrons. The van der Waals surface area contributed by atoms with Crippen molar-refractivity contribution in [2.75, 3.05) is 39.4 Å². The van der Waals surface area contributed by atoms with Crippen molar-refractivity contribution in [1.29, 1.82) is 0 Å². The molecule has 4 aromatic rings. The Morgan fingerprint density at radius 2 is 1.87 bits per heavy atom. The lowest BCUT2D eigenvalue weighted by molar-refractivity contribution is -0.129. The lowest BCUT2D eigenvalue weighted by Crippen LogP contribution is -2.39. The number of hydrogen-bond acceptors (Lipinski definition) is 7. The highest BCUT2D eigenvalue weighted by Gasteiger charge is 2.44. The first-order valence-electron chi connectivity index (χ1n) is 12.6. The fraction of sp³-hybridized carbons (Fsp3) is 0.321. The number of benzene rings is 2. The molecule has 1 N–H and O–H groups in total. The number of ketones is 1. The third kappa shape index (κ3) is 4.29. The van der Waals surface area contributed by atoms with Crippen LogP contribution in [0.15, 0.2) is 59.9 Å². The molecule has 1 saturated heterocycles. The Morgan fingerprint density at radius 3 is 2.63 bits per heavy atom. The van der Waals surface area contributed by atoms with Gasteiger partial charge in [-0.3, -0.25) is 18.9 Å². The number of aliphatic hydroxyl groups is 1. The number of amides is 1. The number of aliphatic hydroxyl groups excluding tert-OH is 1. The molecule has 1 amide bonds. The van der Waals surface area contributed by atoms with Gasteiger partial charge in [-0.1, -0.05) is 47.2 Å². The monoisotopic (exact) mass is 550 g/mol. The number of carbonyl (C=O) groups is 2. The average Bonchev–Trinajstić information content (AvgIpc) is 3.54. The summed E-state index contributed by atoms with van der Waals surface area (Å²) in [6.45, 7) is 6.20. The van der Waals surface area contributed by atoms with Crippen molar-refractivity contribution in [3.8, 4) is 0 Å². The number of morpholine rings is 1. The predicted molar refractivity (Wildman–Crippen MR) is 147 cm³/mol. The fourth-order valence-corrected chi connectivity index (χ4v) is 6.61. The summed E-state index contributed by atoms with van der Waals surface area (Å²) in [6, 6.07) is 14.1. The number of para-hydroxylation sites is 2. The number of fused-ring (bicyclic) bond motifs is 3. The number of carbonyl (C=O) groups excluding carboxylic acids is 2. The molecule has 38 heavy (non-hydrogen) atoms. The van der Waals surface area contributed by atoms with Crippen molar-refractivity contribution in [2.24, 2.45) is 0 Å². The van der Waals surface area contributed by atoms with E-state index in [0.29, 0.717) is 41.0 Å². The van der Waals surface area contributed by atoms with Crippen LogP contribution in [-0.2, 0) is 9.53 Å². The highest BCUT2D eigenvalue weighted by Crippen LogP contribution is 2.41. The second-order valence-corrected chi connectivity index (χ2v) is 11.0. The van der Waals surface area contributed by atoms with Gasteiger partial charge in [0.25, 0.3) is 5.91 Å². The van der Waals surface area contributed by atoms with Crippen LogP contribution in [-0.4, -0.2) is 75.4 Å². The molecule has 0 saturated carbocycles. The zero-order chi connectivity index (χ0) is 26.4. The summed E-state index contributed by atoms with van der Waals surface area (Å²) in [7, 11) is 0. The first kappa shape index (κ1) is 25.1. The van der Waals surface area contributed by atoms with Crippen LogP contribution in [0, 0.1) is 6.92 Å². The van der Waals surface area contributed by atoms with E-state index in [9.17, 15) is 14.7 Å². The Morgan fingerprint density at radius 1 is 1.13 bits per heavy atom. The third-order valence-electron chi connectivity index (χ3n) is 7.30. The molecular weight excluding hydrogens is 524 g/mol. The molecule has 2 aliphatic rings. The Labute approximate surface area is 228 Å². The molecule has 0 bridgehead atoms. The fourth-order valence-electron chi connectivity index (χ4n) is 5.39. The Balaban J connectivity index is 1.35. The number of imidazole rings is 1. The van der Waals surface area contributed by atoms with Crippen LogP contribution in [0.4, 0.5) is 0 Å². The zero-order valence-corrected chi connectivity index (χ0v) is 22.5. The second-order valence-electron chi connectivity index (χ2n) is 9.59. The molecule has 8 nitrogen and oxygen atoms in total. The van der Waals surface area contributed by atoms with Crippen molar-refractivity contribution in [1.82, 2.24) is 19.2 Å². The number of Topliss-reactive ketones (excluding diaryl/α,β-unsaturated/α-hetero) is 1. The van der Waals surface area contributed by atoms with Crippen LogP contribution >= 0.6 is 22.9 Å². The quantitative estimate of drug-likeness (QED) is 0.332. The first-order chi connectivity index (χ1) is 18.4. The van der Waals surface area contributed by atoms with E-state index in [4.69, 9.17) is 16.3 Å². The average molecular weight is 551 g/mol. The number of nitrogens with zero attached hydrogens (tertiary/aromatic N) is 4. The number of halogens is 1. The summed E-state index contributed by atoms with van der Waals surface area (Å²) < 4.78 is 7.38. The summed E-state index contributed by atoms with van der Waals surface area (Å²) in [5.41, 5.74) is 3.32. The molecule has 2 aromatic heterocycles. The van der Waals surface area contributed by atoms with Gasteiger partial charge in [-0.2, -0.15) is 0 Å². The van der Waals surface area contributed by atoms with Crippen molar-refractivity contribution >= 4 is 50.6 Å². The minimum Gasteiger partial charge on any atom is -0.503 e. The predicted octanol–water partition coefficient (Wildman–Crippen LogP) is 4.81. The molecule has 0 spiro atoms. The summed E-state index contributed by atoms with van der Waals surface area (Å²) in [5.74, 6) is -1.38. The number of rotatable bonds is 7. The van der Waals surface area contributed by atoms with Crippen molar-refractivity contribution in [2.45, 2.75) is 19.4 Å². The third-order valence-corrected chi connectivity index (χ3v) is 8.70. The highest BCUT2D eigenvalue weighted by atomic mass is 35.5. The maximum absolute atomic E-state index is 14.1. The van der Waals surface area contributed by atoms with Crippen LogP contribution in [0.1, 0.15) is 33.4 Å². The van der Waals surface area contributed by atoms with Gasteiger partial charge in [0.1, 0.15) is 0 Å². The van der Waals surface area contributed by atoms with Gasteiger partial charge in [-0.25, -0.2) is 4.98 Å². The van der Waals surface area contributed by atoms with E-state index < -0.39 is 17.7 Å². The maximum atomic E-state index is 14.1. The Kier molecular flexibility index (Phi) is 6.69. The van der Waals surface area contributed by atoms with E-state index in [2.05, 4.69) is 9.88 Å². The number of thiazole rings is 1. The smallest absolute Gasteiger partial charge is 0.290 e. The van der Waals surface area contributed by atoms with Crippen LogP contribution in [0.5, 0.6) is 0 Å². The molecule has 2 aliphatic heterocycles. The van der Waals surface area contributed by atoms with Gasteiger partial charge >= 0.3 is 0 Å². The molecule has 1 unspecified atom stereocenters. The molecule has 4 heterocycles. The highest BCUT2D eigenvalue weighted by molar-refractivity contribution is 7.19. The van der Waals surface area contributed by atoms with Crippen LogP contribution in [0.2, 0.25) is 5.02 Å². The van der Waals surface area contributed by atoms with Crippen LogP contribution in [0.3, 0.4) is 0 Å². The summed E-state index contributed by atoms with van der Waals surface area (Å²) in [5, 5.41) is 11.6. The maximum Gasteiger partial charge on any atom is 0.290 e. The summed E-state index contributed by atoms with van der Waals surface area (Å²) in [4.78, 5) is 37.2. The minimum absolute atomic E-state index is 0.0978. The number of ether oxygens (including phenoxy) is 1. The lowest BCUT2D eigenvalue weighted by Gasteiger charge is -2.30. The van der Waals surface area contributed by atoms with E-state index in [1.165, 1.54) is 11.3 Å². The van der Waals surface area contributed by atoms with Crippen LogP contribution < -0.4 is 0 Å². The van der Waals surface area contributed by atoms with E-state index in [-0.39, 0.29) is 11.4 Å². The molecular formula is C28H27ClN4O4S. The second kappa shape index (κ2) is 10.1. The number of hydrogen-bond donors (Lipinski definition) is 1. The van der Waals surface area contributed by atoms with E-state index in [1.807, 2.05) is 47.7 Å². The molecule has 1 fully saturated rings. The van der Waals surface area contributed by atoms with Gasteiger partial charge in [0.15, 0.2) is 10.7 Å². The van der Waals surface area contributed by atoms with Crippen LogP contribution in [0.25, 0.3) is 16.0 Å². The zero-order valence-electron chi connectivity index (χ0n) is 20.9. The normalized spacial score (nSPS) is 18.8. The molecule has 196 valence electrons. The van der Waals surface area contributed by atoms with Gasteiger partial charge in [0.2, 0.25) is 5.78 Å². The molecule has 10 heteroatoms. The lowest BCUT2D eigenvalue weighted by atomic mass is 9.95. The summed E-state index contributed by atoms with van der Waals surface area (Å²) >= 11 is 7.42. The van der Waals surface area contributed by atoms with Gasteiger partial charge < -0.3 is 14.7 Å². The molecule has 1 atom stereocenters. The van der Waals surface area contributed by atoms with E-state index >= 15 is 0 Å². The largest absolute Gasteiger partial charge is 0.503 e. The van der Waals surface area contributed by atoms with E-state index in [0.717, 1.165) is 41.9 Å². The summed E-state index contributed by atoms with van der Waals surface area (Å²) in [6.07, 6.45) is 0.711. The minimum atomic E-state index is -0.706. The number of aromatic nitrogens is 2. The topological polar surface area (TPSA) is 87.4 Å². The number of aryl methyl sites for hydroxylation is 1. The van der Waals surface area contributed by atoms with Gasteiger partial charge in [0, 0.05) is 36.9 Å². The first-order valence-corrected chi connectivity index (χ1v) is 13.8. The van der Waals surface area contributed by atoms with Gasteiger partial charge in [-0.15, -0.1) is 0 Å². The molecule has 6 rings (SSSR count). The van der Waals surface area contributed by atoms with E-state index in [1.54, 1.807) is 17.0 Å². The van der Waals surface area contributed by atoms with Crippen molar-refractivity contribution < 1.29 is 19.4 Å². The standard InChI is InChI=1S/C28H27ClN4O4S/c1-17-26(38-28-30-20-5-2-3-6-21(20)33(17)28)24(34)22-23(18-7-9-19(29)10-8-18)32(27(36)25(22)35)12-4-11-31-13-15-37-16-14-31/h2-3,5-10,23,35H,4,11-16H2,1H3. The van der Waals surface area contributed by atoms with Crippen molar-refractivity contribution in [3.63, 3.8) is 0 Å². The SMILES string of the molecule is Cc1c(C(=O)C2=C(O)C(=O)N(CCCN3CCOCC3)C2c2ccc(Cl)cc2)sc2nc3ccccc3n12. The van der Waals surface area contributed by atoms with Crippen molar-refractivity contribution in [3.05, 3.63) is 81.0 Å². The molecule has 2 aromatic carbocycles. The Hall–Kier alpha value is -3.24. The Bertz CT molecular complexity index is 1570. The molecule has 0 aliphatic carbocycles. The van der Waals surface area contributed by atoms with Gasteiger partial charge in [-0.05, 0) is 43.2 Å². The van der Waals surface area contributed by atoms with Gasteiger partial charge in [0.05, 0.1) is 40.7 Å².